The summed E-state index contributed by atoms with van der Waals surface area (Å²) in [6, 6.07) is 9.95. The topological polar surface area (TPSA) is 61.7 Å². The normalized spacial score (nSPS) is 24.6. The highest BCUT2D eigenvalue weighted by Crippen LogP contribution is 2.32. The maximum absolute atomic E-state index is 10.9. The molecule has 132 valence electrons. The zero-order valence-electron chi connectivity index (χ0n) is 14.3. The molecule has 0 aliphatic carbocycles. The van der Waals surface area contributed by atoms with E-state index in [0.29, 0.717) is 6.54 Å². The first-order valence-electron chi connectivity index (χ1n) is 8.87. The van der Waals surface area contributed by atoms with Crippen molar-refractivity contribution in [2.24, 2.45) is 0 Å². The van der Waals surface area contributed by atoms with Crippen molar-refractivity contribution in [1.29, 1.82) is 0 Å². The molecule has 1 aromatic heterocycles. The Morgan fingerprint density at radius 3 is 2.48 bits per heavy atom. The summed E-state index contributed by atoms with van der Waals surface area (Å²) in [4.78, 5) is 13.4. The van der Waals surface area contributed by atoms with Crippen LogP contribution in [0.2, 0.25) is 0 Å². The largest absolute Gasteiger partial charge is 0.384 e. The number of anilines is 1. The fourth-order valence-corrected chi connectivity index (χ4v) is 3.60. The van der Waals surface area contributed by atoms with E-state index < -0.39 is 5.60 Å². The van der Waals surface area contributed by atoms with Gasteiger partial charge >= 0.3 is 0 Å². The van der Waals surface area contributed by atoms with Gasteiger partial charge in [0.05, 0.1) is 13.2 Å². The molecule has 1 N–H and O–H groups in total. The van der Waals surface area contributed by atoms with Crippen LogP contribution >= 0.6 is 0 Å². The molecule has 2 aliphatic rings. The highest BCUT2D eigenvalue weighted by atomic mass is 16.5. The highest BCUT2D eigenvalue weighted by molar-refractivity contribution is 5.30. The summed E-state index contributed by atoms with van der Waals surface area (Å²) in [5.74, 6) is 0.772. The average molecular weight is 340 g/mol. The van der Waals surface area contributed by atoms with Crippen LogP contribution in [0.3, 0.4) is 0 Å². The Hall–Kier alpha value is -2.02. The highest BCUT2D eigenvalue weighted by Gasteiger charge is 2.37. The third kappa shape index (κ3) is 3.66. The van der Waals surface area contributed by atoms with Crippen LogP contribution in [0.5, 0.6) is 0 Å². The van der Waals surface area contributed by atoms with Gasteiger partial charge in [0.2, 0.25) is 5.95 Å². The van der Waals surface area contributed by atoms with E-state index in [1.165, 1.54) is 0 Å². The summed E-state index contributed by atoms with van der Waals surface area (Å²) in [7, 11) is 0. The van der Waals surface area contributed by atoms with Crippen molar-refractivity contribution >= 4 is 5.95 Å². The zero-order chi connectivity index (χ0) is 17.1. The van der Waals surface area contributed by atoms with Gasteiger partial charge in [0.15, 0.2) is 0 Å². The van der Waals surface area contributed by atoms with Crippen molar-refractivity contribution in [2.45, 2.75) is 18.6 Å². The van der Waals surface area contributed by atoms with E-state index in [4.69, 9.17) is 4.74 Å². The molecule has 6 nitrogen and oxygen atoms in total. The van der Waals surface area contributed by atoms with Crippen LogP contribution in [0.15, 0.2) is 42.7 Å². The molecule has 6 heteroatoms. The maximum atomic E-state index is 10.9. The van der Waals surface area contributed by atoms with Gasteiger partial charge in [-0.2, -0.15) is 0 Å². The van der Waals surface area contributed by atoms with Gasteiger partial charge in [-0.25, -0.2) is 9.97 Å². The fraction of sp³-hybridized carbons (Fsp3) is 0.474. The lowest BCUT2D eigenvalue weighted by Gasteiger charge is -2.27. The number of likely N-dealkylation sites (tertiary alicyclic amines) is 1. The lowest BCUT2D eigenvalue weighted by Crippen LogP contribution is -2.37. The number of hydrogen-bond donors (Lipinski definition) is 1. The van der Waals surface area contributed by atoms with E-state index >= 15 is 0 Å². The summed E-state index contributed by atoms with van der Waals surface area (Å²) in [6.07, 6.45) is 4.55. The SMILES string of the molecule is OC1(c2ccccc2)CCN(Cc2cnc(N3CCOCC3)nc2)C1. The average Bonchev–Trinajstić information content (AvgIpc) is 3.06. The van der Waals surface area contributed by atoms with Gasteiger partial charge in [-0.1, -0.05) is 30.3 Å². The van der Waals surface area contributed by atoms with Crippen LogP contribution in [0.1, 0.15) is 17.5 Å². The van der Waals surface area contributed by atoms with Crippen molar-refractivity contribution in [1.82, 2.24) is 14.9 Å². The van der Waals surface area contributed by atoms with Gasteiger partial charge in [-0.3, -0.25) is 4.90 Å². The number of rotatable bonds is 4. The molecule has 0 radical (unpaired) electrons. The van der Waals surface area contributed by atoms with Gasteiger partial charge in [-0.05, 0) is 12.0 Å². The molecule has 4 rings (SSSR count). The molecule has 2 saturated heterocycles. The third-order valence-electron chi connectivity index (χ3n) is 5.03. The van der Waals surface area contributed by atoms with E-state index in [2.05, 4.69) is 19.8 Å². The Kier molecular flexibility index (Phi) is 4.65. The van der Waals surface area contributed by atoms with E-state index in [1.807, 2.05) is 42.7 Å². The second-order valence-electron chi connectivity index (χ2n) is 6.85. The standard InChI is InChI=1S/C19H24N4O2/c24-19(17-4-2-1-3-5-17)6-7-22(15-19)14-16-12-20-18(21-13-16)23-8-10-25-11-9-23/h1-5,12-13,24H,6-11,14-15H2. The molecule has 0 spiro atoms. The van der Waals surface area contributed by atoms with Crippen LogP contribution in [0.25, 0.3) is 0 Å². The smallest absolute Gasteiger partial charge is 0.225 e. The molecule has 0 amide bonds. The first kappa shape index (κ1) is 16.4. The number of β-amino-alcohol motifs (C(OH)–C–C–N with tert-alkyl or cyclic N) is 1. The number of ether oxygens (including phenoxy) is 1. The van der Waals surface area contributed by atoms with Gasteiger partial charge in [0.25, 0.3) is 0 Å². The lowest BCUT2D eigenvalue weighted by molar-refractivity contribution is 0.0453. The van der Waals surface area contributed by atoms with E-state index in [9.17, 15) is 5.11 Å². The minimum atomic E-state index is -0.754. The molecular weight excluding hydrogens is 316 g/mol. The third-order valence-corrected chi connectivity index (χ3v) is 5.03. The summed E-state index contributed by atoms with van der Waals surface area (Å²) in [6.45, 7) is 5.43. The molecule has 2 aromatic rings. The fourth-order valence-electron chi connectivity index (χ4n) is 3.60. The number of aliphatic hydroxyl groups is 1. The molecular formula is C19H24N4O2. The number of nitrogens with zero attached hydrogens (tertiary/aromatic N) is 4. The summed E-state index contributed by atoms with van der Waals surface area (Å²) in [5.41, 5.74) is 1.32. The molecule has 0 saturated carbocycles. The van der Waals surface area contributed by atoms with Gasteiger partial charge in [0, 0.05) is 50.7 Å². The van der Waals surface area contributed by atoms with Gasteiger partial charge < -0.3 is 14.7 Å². The Morgan fingerprint density at radius 1 is 1.04 bits per heavy atom. The predicted molar refractivity (Wildman–Crippen MR) is 95.3 cm³/mol. The predicted octanol–water partition coefficient (Wildman–Crippen LogP) is 1.41. The molecule has 1 unspecified atom stereocenters. The molecule has 25 heavy (non-hydrogen) atoms. The minimum Gasteiger partial charge on any atom is -0.384 e. The molecule has 3 heterocycles. The molecule has 2 aliphatic heterocycles. The quantitative estimate of drug-likeness (QED) is 0.908. The van der Waals surface area contributed by atoms with Crippen LogP contribution in [0, 0.1) is 0 Å². The van der Waals surface area contributed by atoms with E-state index in [-0.39, 0.29) is 0 Å². The number of hydrogen-bond acceptors (Lipinski definition) is 6. The van der Waals surface area contributed by atoms with Crippen LogP contribution in [-0.4, -0.2) is 59.4 Å². The van der Waals surface area contributed by atoms with Crippen molar-refractivity contribution in [3.8, 4) is 0 Å². The monoisotopic (exact) mass is 340 g/mol. The number of benzene rings is 1. The minimum absolute atomic E-state index is 0.641. The molecule has 1 aromatic carbocycles. The number of morpholine rings is 1. The Labute approximate surface area is 148 Å². The lowest BCUT2D eigenvalue weighted by atomic mass is 9.93. The second kappa shape index (κ2) is 7.07. The Bertz CT molecular complexity index is 688. The maximum Gasteiger partial charge on any atom is 0.225 e. The Balaban J connectivity index is 1.38. The molecule has 0 bridgehead atoms. The van der Waals surface area contributed by atoms with Crippen molar-refractivity contribution in [2.75, 3.05) is 44.3 Å². The van der Waals surface area contributed by atoms with Crippen LogP contribution < -0.4 is 4.90 Å². The van der Waals surface area contributed by atoms with E-state index in [0.717, 1.165) is 62.9 Å². The first-order chi connectivity index (χ1) is 12.2. The van der Waals surface area contributed by atoms with Crippen molar-refractivity contribution in [3.05, 3.63) is 53.9 Å². The second-order valence-corrected chi connectivity index (χ2v) is 6.85. The summed E-state index contributed by atoms with van der Waals surface area (Å²) < 4.78 is 5.36. The van der Waals surface area contributed by atoms with Crippen molar-refractivity contribution < 1.29 is 9.84 Å². The zero-order valence-corrected chi connectivity index (χ0v) is 14.3. The van der Waals surface area contributed by atoms with Gasteiger partial charge in [0.1, 0.15) is 5.60 Å². The van der Waals surface area contributed by atoms with Gasteiger partial charge in [-0.15, -0.1) is 0 Å². The van der Waals surface area contributed by atoms with Crippen molar-refractivity contribution in [3.63, 3.8) is 0 Å². The molecule has 2 fully saturated rings. The summed E-state index contributed by atoms with van der Waals surface area (Å²) in [5, 5.41) is 10.9. The van der Waals surface area contributed by atoms with Crippen LogP contribution in [0.4, 0.5) is 5.95 Å². The Morgan fingerprint density at radius 2 is 1.76 bits per heavy atom. The summed E-state index contributed by atoms with van der Waals surface area (Å²) >= 11 is 0. The molecule has 1 atom stereocenters. The first-order valence-corrected chi connectivity index (χ1v) is 8.87. The van der Waals surface area contributed by atoms with Crippen LogP contribution in [-0.2, 0) is 16.9 Å². The number of aromatic nitrogens is 2. The van der Waals surface area contributed by atoms with E-state index in [1.54, 1.807) is 0 Å².